The molecule has 0 saturated carbocycles. The van der Waals surface area contributed by atoms with Gasteiger partial charge in [0.25, 0.3) is 0 Å². The summed E-state index contributed by atoms with van der Waals surface area (Å²) < 4.78 is 22.2. The largest absolute Gasteiger partial charge is 0.489 e. The fourth-order valence-corrected chi connectivity index (χ4v) is 3.92. The zero-order valence-corrected chi connectivity index (χ0v) is 18.5. The molecule has 7 nitrogen and oxygen atoms in total. The van der Waals surface area contributed by atoms with Gasteiger partial charge >= 0.3 is 5.97 Å². The second-order valence-corrected chi connectivity index (χ2v) is 7.84. The van der Waals surface area contributed by atoms with Crippen LogP contribution in [0.2, 0.25) is 0 Å². The summed E-state index contributed by atoms with van der Waals surface area (Å²) in [5, 5.41) is 9.84. The lowest BCUT2D eigenvalue weighted by atomic mass is 9.83. The summed E-state index contributed by atoms with van der Waals surface area (Å²) in [6, 6.07) is 27.6. The fraction of sp³-hybridized carbons (Fsp3) is 0.0714. The zero-order chi connectivity index (χ0) is 24.2. The highest BCUT2D eigenvalue weighted by molar-refractivity contribution is 5.88. The van der Waals surface area contributed by atoms with Crippen molar-refractivity contribution >= 4 is 5.97 Å². The van der Waals surface area contributed by atoms with Crippen LogP contribution in [0.1, 0.15) is 33.2 Å². The average Bonchev–Trinajstić information content (AvgIpc) is 3.43. The van der Waals surface area contributed by atoms with Crippen molar-refractivity contribution < 1.29 is 23.4 Å². The van der Waals surface area contributed by atoms with E-state index in [2.05, 4.69) is 6.07 Å². The first-order valence-corrected chi connectivity index (χ1v) is 10.9. The van der Waals surface area contributed by atoms with Gasteiger partial charge in [-0.1, -0.05) is 48.5 Å². The van der Waals surface area contributed by atoms with Crippen LogP contribution in [-0.4, -0.2) is 5.97 Å². The molecule has 1 aliphatic heterocycles. The Labute approximate surface area is 201 Å². The quantitative estimate of drug-likeness (QED) is 0.305. The maximum atomic E-state index is 12.2. The van der Waals surface area contributed by atoms with Crippen LogP contribution in [-0.2, 0) is 6.61 Å². The van der Waals surface area contributed by atoms with Crippen LogP contribution >= 0.6 is 0 Å². The maximum absolute atomic E-state index is 12.2. The van der Waals surface area contributed by atoms with Crippen LogP contribution in [0.25, 0.3) is 0 Å². The average molecular weight is 464 g/mol. The van der Waals surface area contributed by atoms with Gasteiger partial charge in [0.05, 0.1) is 12.2 Å². The minimum atomic E-state index is -0.633. The topological polar surface area (TPSA) is 108 Å². The predicted octanol–water partition coefficient (Wildman–Crippen LogP) is 5.30. The molecule has 5 rings (SSSR count). The van der Waals surface area contributed by atoms with Crippen LogP contribution in [0.5, 0.6) is 17.2 Å². The van der Waals surface area contributed by atoms with Crippen LogP contribution in [0, 0.1) is 11.3 Å². The van der Waals surface area contributed by atoms with Crippen LogP contribution in [0.3, 0.4) is 0 Å². The Hall–Kier alpha value is -4.96. The van der Waals surface area contributed by atoms with Gasteiger partial charge in [0.2, 0.25) is 11.6 Å². The molecular weight excluding hydrogens is 444 g/mol. The number of ether oxygens (including phenoxy) is 3. The van der Waals surface area contributed by atoms with Gasteiger partial charge in [-0.15, -0.1) is 0 Å². The van der Waals surface area contributed by atoms with Crippen molar-refractivity contribution in [3.63, 3.8) is 0 Å². The molecule has 172 valence electrons. The van der Waals surface area contributed by atoms with Crippen LogP contribution < -0.4 is 19.9 Å². The summed E-state index contributed by atoms with van der Waals surface area (Å²) in [6.45, 7) is 0.419. The molecule has 1 unspecified atom stereocenters. The Morgan fingerprint density at radius 3 is 2.60 bits per heavy atom. The van der Waals surface area contributed by atoms with Crippen molar-refractivity contribution in [1.29, 1.82) is 5.26 Å². The molecule has 1 atom stereocenters. The summed E-state index contributed by atoms with van der Waals surface area (Å²) in [4.78, 5) is 12.2. The third kappa shape index (κ3) is 4.59. The number of allylic oxidation sites excluding steroid dienone is 1. The molecule has 0 amide bonds. The fourth-order valence-electron chi connectivity index (χ4n) is 3.92. The van der Waals surface area contributed by atoms with E-state index < -0.39 is 11.9 Å². The van der Waals surface area contributed by atoms with E-state index in [1.807, 2.05) is 54.6 Å². The van der Waals surface area contributed by atoms with Crippen LogP contribution in [0.4, 0.5) is 0 Å². The van der Waals surface area contributed by atoms with E-state index in [4.69, 9.17) is 24.4 Å². The molecule has 35 heavy (non-hydrogen) atoms. The third-order valence-electron chi connectivity index (χ3n) is 5.56. The summed E-state index contributed by atoms with van der Waals surface area (Å²) >= 11 is 0. The molecule has 2 N–H and O–H groups in total. The number of nitriles is 1. The Morgan fingerprint density at radius 2 is 1.83 bits per heavy atom. The van der Waals surface area contributed by atoms with Crippen molar-refractivity contribution in [2.75, 3.05) is 0 Å². The first kappa shape index (κ1) is 21.9. The van der Waals surface area contributed by atoms with E-state index in [1.54, 1.807) is 24.3 Å². The van der Waals surface area contributed by atoms with Crippen molar-refractivity contribution in [1.82, 2.24) is 0 Å². The highest BCUT2D eigenvalue weighted by Crippen LogP contribution is 2.44. The Morgan fingerprint density at radius 1 is 0.971 bits per heavy atom. The van der Waals surface area contributed by atoms with Gasteiger partial charge in [0, 0.05) is 11.6 Å². The van der Waals surface area contributed by atoms with Crippen molar-refractivity contribution in [2.24, 2.45) is 5.73 Å². The maximum Gasteiger partial charge on any atom is 0.379 e. The van der Waals surface area contributed by atoms with Gasteiger partial charge in [0.15, 0.2) is 0 Å². The zero-order valence-electron chi connectivity index (χ0n) is 18.5. The van der Waals surface area contributed by atoms with Gasteiger partial charge in [-0.25, -0.2) is 4.79 Å². The van der Waals surface area contributed by atoms with E-state index in [0.717, 1.165) is 11.1 Å². The highest BCUT2D eigenvalue weighted by atomic mass is 16.5. The number of benzene rings is 3. The number of esters is 1. The van der Waals surface area contributed by atoms with E-state index in [9.17, 15) is 10.1 Å². The monoisotopic (exact) mass is 464 g/mol. The van der Waals surface area contributed by atoms with Crippen molar-refractivity contribution in [2.45, 2.75) is 12.5 Å². The lowest BCUT2D eigenvalue weighted by Gasteiger charge is -2.27. The van der Waals surface area contributed by atoms with Crippen molar-refractivity contribution in [3.05, 3.63) is 125 Å². The number of nitrogens with two attached hydrogens (primary N) is 1. The smallest absolute Gasteiger partial charge is 0.379 e. The lowest BCUT2D eigenvalue weighted by molar-refractivity contribution is 0.0701. The minimum absolute atomic E-state index is 0.00452. The molecule has 2 heterocycles. The number of hydrogen-bond donors (Lipinski definition) is 1. The van der Waals surface area contributed by atoms with Crippen molar-refractivity contribution in [3.8, 4) is 23.3 Å². The second kappa shape index (κ2) is 9.49. The third-order valence-corrected chi connectivity index (χ3v) is 5.56. The molecule has 1 aliphatic rings. The molecule has 0 fully saturated rings. The lowest BCUT2D eigenvalue weighted by Crippen LogP contribution is -2.21. The first-order valence-electron chi connectivity index (χ1n) is 10.9. The van der Waals surface area contributed by atoms with Gasteiger partial charge in [-0.2, -0.15) is 5.26 Å². The predicted molar refractivity (Wildman–Crippen MR) is 127 cm³/mol. The second-order valence-electron chi connectivity index (χ2n) is 7.84. The SMILES string of the molecule is N#CC1=C(N)Oc2cc(OC(=O)c3ccco3)ccc2C1c1cccc(OCc2ccccc2)c1. The molecule has 0 spiro atoms. The molecular formula is C28H20N2O5. The molecule has 3 aromatic carbocycles. The Kier molecular flexibility index (Phi) is 5.93. The number of fused-ring (bicyclic) bond motifs is 1. The summed E-state index contributed by atoms with van der Waals surface area (Å²) in [7, 11) is 0. The van der Waals surface area contributed by atoms with E-state index in [-0.39, 0.29) is 23.0 Å². The van der Waals surface area contributed by atoms with E-state index in [1.165, 1.54) is 12.3 Å². The first-order chi connectivity index (χ1) is 17.1. The molecule has 0 saturated heterocycles. The number of carbonyl (C=O) groups is 1. The highest BCUT2D eigenvalue weighted by Gasteiger charge is 2.31. The van der Waals surface area contributed by atoms with Gasteiger partial charge in [0.1, 0.15) is 35.5 Å². The molecule has 7 heteroatoms. The van der Waals surface area contributed by atoms with Gasteiger partial charge < -0.3 is 24.4 Å². The Bertz CT molecular complexity index is 1440. The summed E-state index contributed by atoms with van der Waals surface area (Å²) in [6.07, 6.45) is 1.39. The number of nitrogens with zero attached hydrogens (tertiary/aromatic N) is 1. The minimum Gasteiger partial charge on any atom is -0.489 e. The normalized spacial score (nSPS) is 14.4. The number of hydrogen-bond acceptors (Lipinski definition) is 7. The molecule has 0 radical (unpaired) electrons. The molecule has 0 bridgehead atoms. The summed E-state index contributed by atoms with van der Waals surface area (Å²) in [5.41, 5.74) is 8.99. The van der Waals surface area contributed by atoms with Crippen LogP contribution in [0.15, 0.2) is 107 Å². The van der Waals surface area contributed by atoms with Gasteiger partial charge in [-0.3, -0.25) is 0 Å². The molecule has 4 aromatic rings. The molecule has 0 aliphatic carbocycles. The van der Waals surface area contributed by atoms with Gasteiger partial charge in [-0.05, 0) is 41.5 Å². The summed E-state index contributed by atoms with van der Waals surface area (Å²) in [5.74, 6) is 0.295. The number of carbonyl (C=O) groups excluding carboxylic acids is 1. The van der Waals surface area contributed by atoms with E-state index >= 15 is 0 Å². The number of furan rings is 1. The molecule has 1 aromatic heterocycles. The standard InChI is InChI=1S/C28H20N2O5/c29-16-23-26(19-8-4-9-20(14-19)33-17-18-6-2-1-3-7-18)22-12-11-21(15-25(22)35-27(23)30)34-28(31)24-10-5-13-32-24/h1-15,26H,17,30H2. The number of rotatable bonds is 6. The van der Waals surface area contributed by atoms with E-state index in [0.29, 0.717) is 23.7 Å². The Balaban J connectivity index is 1.44.